The van der Waals surface area contributed by atoms with Gasteiger partial charge in [-0.05, 0) is 36.1 Å². The minimum Gasteiger partial charge on any atom is -0.482 e. The lowest BCUT2D eigenvalue weighted by Crippen LogP contribution is -2.31. The normalized spacial score (nSPS) is 11.6. The molecule has 2 rings (SSSR count). The molecule has 2 aromatic carbocycles. The van der Waals surface area contributed by atoms with Crippen LogP contribution >= 0.6 is 0 Å². The molecule has 24 heavy (non-hydrogen) atoms. The van der Waals surface area contributed by atoms with Crippen LogP contribution in [-0.4, -0.2) is 12.5 Å². The van der Waals surface area contributed by atoms with E-state index in [9.17, 15) is 4.79 Å². The van der Waals surface area contributed by atoms with Crippen LogP contribution in [0.1, 0.15) is 49.4 Å². The Kier molecular flexibility index (Phi) is 5.97. The number of carbonyl (C=O) groups is 1. The minimum atomic E-state index is -0.219. The van der Waals surface area contributed by atoms with Gasteiger partial charge in [-0.15, -0.1) is 0 Å². The summed E-state index contributed by atoms with van der Waals surface area (Å²) in [5.41, 5.74) is 2.74. The summed E-state index contributed by atoms with van der Waals surface area (Å²) < 4.78 is 5.44. The standard InChI is InChI=1S/C20H22N2O2/c1-14(2)16-8-10-17(11-9-16)15(3)22-20(23)13-24-19-7-5-4-6-18(19)12-21/h4-11,14-15H,13H2,1-3H3,(H,22,23). The molecular formula is C20H22N2O2. The topological polar surface area (TPSA) is 62.1 Å². The van der Waals surface area contributed by atoms with Gasteiger partial charge in [0.15, 0.2) is 6.61 Å². The third kappa shape index (κ3) is 4.60. The van der Waals surface area contributed by atoms with Crippen molar-refractivity contribution in [2.75, 3.05) is 6.61 Å². The van der Waals surface area contributed by atoms with Crippen molar-refractivity contribution in [1.29, 1.82) is 5.26 Å². The van der Waals surface area contributed by atoms with Gasteiger partial charge in [0, 0.05) is 0 Å². The van der Waals surface area contributed by atoms with Crippen LogP contribution in [0.25, 0.3) is 0 Å². The van der Waals surface area contributed by atoms with Gasteiger partial charge in [0.25, 0.3) is 5.91 Å². The number of amides is 1. The lowest BCUT2D eigenvalue weighted by Gasteiger charge is -2.16. The van der Waals surface area contributed by atoms with Crippen molar-refractivity contribution in [1.82, 2.24) is 5.32 Å². The second kappa shape index (κ2) is 8.16. The van der Waals surface area contributed by atoms with E-state index in [0.717, 1.165) is 5.56 Å². The van der Waals surface area contributed by atoms with Crippen LogP contribution in [-0.2, 0) is 4.79 Å². The van der Waals surface area contributed by atoms with Crippen molar-refractivity contribution >= 4 is 5.91 Å². The number of carbonyl (C=O) groups excluding carboxylic acids is 1. The molecule has 124 valence electrons. The highest BCUT2D eigenvalue weighted by molar-refractivity contribution is 5.78. The van der Waals surface area contributed by atoms with Gasteiger partial charge in [0.2, 0.25) is 0 Å². The van der Waals surface area contributed by atoms with E-state index < -0.39 is 0 Å². The zero-order valence-corrected chi connectivity index (χ0v) is 14.2. The number of nitrogens with zero attached hydrogens (tertiary/aromatic N) is 1. The molecular weight excluding hydrogens is 300 g/mol. The summed E-state index contributed by atoms with van der Waals surface area (Å²) >= 11 is 0. The van der Waals surface area contributed by atoms with Crippen molar-refractivity contribution in [2.45, 2.75) is 32.7 Å². The molecule has 2 aromatic rings. The Morgan fingerprint density at radius 2 is 1.71 bits per heavy atom. The summed E-state index contributed by atoms with van der Waals surface area (Å²) in [7, 11) is 0. The van der Waals surface area contributed by atoms with Crippen molar-refractivity contribution < 1.29 is 9.53 Å². The van der Waals surface area contributed by atoms with E-state index in [4.69, 9.17) is 10.00 Å². The molecule has 0 saturated carbocycles. The molecule has 0 aliphatic heterocycles. The Bertz CT molecular complexity index is 730. The van der Waals surface area contributed by atoms with Crippen molar-refractivity contribution in [3.05, 3.63) is 65.2 Å². The second-order valence-corrected chi connectivity index (χ2v) is 6.01. The van der Waals surface area contributed by atoms with Crippen LogP contribution in [0.3, 0.4) is 0 Å². The van der Waals surface area contributed by atoms with Crippen molar-refractivity contribution in [3.63, 3.8) is 0 Å². The van der Waals surface area contributed by atoms with E-state index in [0.29, 0.717) is 17.2 Å². The largest absolute Gasteiger partial charge is 0.482 e. The molecule has 0 aliphatic carbocycles. The van der Waals surface area contributed by atoms with Gasteiger partial charge in [-0.2, -0.15) is 5.26 Å². The Hall–Kier alpha value is -2.80. The van der Waals surface area contributed by atoms with Crippen LogP contribution in [0.4, 0.5) is 0 Å². The predicted molar refractivity (Wildman–Crippen MR) is 93.7 cm³/mol. The predicted octanol–water partition coefficient (Wildman–Crippen LogP) is 3.94. The zero-order valence-electron chi connectivity index (χ0n) is 14.2. The Labute approximate surface area is 143 Å². The summed E-state index contributed by atoms with van der Waals surface area (Å²) in [6.07, 6.45) is 0. The quantitative estimate of drug-likeness (QED) is 0.876. The smallest absolute Gasteiger partial charge is 0.258 e. The molecule has 1 atom stereocenters. The number of rotatable bonds is 6. The second-order valence-electron chi connectivity index (χ2n) is 6.01. The lowest BCUT2D eigenvalue weighted by molar-refractivity contribution is -0.123. The van der Waals surface area contributed by atoms with Crippen molar-refractivity contribution in [3.8, 4) is 11.8 Å². The van der Waals surface area contributed by atoms with Gasteiger partial charge in [0.05, 0.1) is 11.6 Å². The Morgan fingerprint density at radius 1 is 1.08 bits per heavy atom. The highest BCUT2D eigenvalue weighted by atomic mass is 16.5. The maximum Gasteiger partial charge on any atom is 0.258 e. The van der Waals surface area contributed by atoms with E-state index in [1.165, 1.54) is 5.56 Å². The van der Waals surface area contributed by atoms with Gasteiger partial charge < -0.3 is 10.1 Å². The van der Waals surface area contributed by atoms with E-state index in [1.807, 2.05) is 25.1 Å². The molecule has 4 heteroatoms. The molecule has 0 aliphatic rings. The molecule has 0 aromatic heterocycles. The summed E-state index contributed by atoms with van der Waals surface area (Å²) in [5, 5.41) is 11.9. The van der Waals surface area contributed by atoms with Crippen LogP contribution in [0.15, 0.2) is 48.5 Å². The van der Waals surface area contributed by atoms with Crippen LogP contribution in [0.5, 0.6) is 5.75 Å². The van der Waals surface area contributed by atoms with Gasteiger partial charge in [-0.1, -0.05) is 50.2 Å². The highest BCUT2D eigenvalue weighted by Crippen LogP contribution is 2.19. The van der Waals surface area contributed by atoms with Crippen LogP contribution in [0.2, 0.25) is 0 Å². The summed E-state index contributed by atoms with van der Waals surface area (Å²) in [4.78, 5) is 12.1. The number of hydrogen-bond acceptors (Lipinski definition) is 3. The first kappa shape index (κ1) is 17.6. The third-order valence-electron chi connectivity index (χ3n) is 3.85. The zero-order chi connectivity index (χ0) is 17.5. The number of benzene rings is 2. The first-order valence-electron chi connectivity index (χ1n) is 8.02. The molecule has 1 unspecified atom stereocenters. The maximum absolute atomic E-state index is 12.1. The maximum atomic E-state index is 12.1. The van der Waals surface area contributed by atoms with Crippen LogP contribution < -0.4 is 10.1 Å². The summed E-state index contributed by atoms with van der Waals surface area (Å²) in [6.45, 7) is 6.12. The van der Waals surface area contributed by atoms with Gasteiger partial charge in [-0.25, -0.2) is 0 Å². The molecule has 1 amide bonds. The fraction of sp³-hybridized carbons (Fsp3) is 0.300. The highest BCUT2D eigenvalue weighted by Gasteiger charge is 2.11. The number of nitrogens with one attached hydrogen (secondary N) is 1. The van der Waals surface area contributed by atoms with Gasteiger partial charge in [-0.3, -0.25) is 4.79 Å². The summed E-state index contributed by atoms with van der Waals surface area (Å²) in [6, 6.07) is 17.0. The van der Waals surface area contributed by atoms with E-state index in [2.05, 4.69) is 31.3 Å². The fourth-order valence-electron chi connectivity index (χ4n) is 2.36. The molecule has 4 nitrogen and oxygen atoms in total. The molecule has 0 radical (unpaired) electrons. The molecule has 0 bridgehead atoms. The number of para-hydroxylation sites is 1. The molecule has 0 saturated heterocycles. The lowest BCUT2D eigenvalue weighted by atomic mass is 9.99. The number of ether oxygens (including phenoxy) is 1. The van der Waals surface area contributed by atoms with E-state index >= 15 is 0 Å². The average Bonchev–Trinajstić information content (AvgIpc) is 2.60. The molecule has 1 N–H and O–H groups in total. The fourth-order valence-corrected chi connectivity index (χ4v) is 2.36. The van der Waals surface area contributed by atoms with E-state index in [1.54, 1.807) is 24.3 Å². The first-order chi connectivity index (χ1) is 11.5. The monoisotopic (exact) mass is 322 g/mol. The first-order valence-corrected chi connectivity index (χ1v) is 8.02. The van der Waals surface area contributed by atoms with Gasteiger partial charge >= 0.3 is 0 Å². The Balaban J connectivity index is 1.91. The van der Waals surface area contributed by atoms with Gasteiger partial charge in [0.1, 0.15) is 11.8 Å². The number of nitriles is 1. The Morgan fingerprint density at radius 3 is 2.33 bits per heavy atom. The third-order valence-corrected chi connectivity index (χ3v) is 3.85. The SMILES string of the molecule is CC(C)c1ccc(C(C)NC(=O)COc2ccccc2C#N)cc1. The average molecular weight is 322 g/mol. The number of hydrogen-bond donors (Lipinski definition) is 1. The van der Waals surface area contributed by atoms with E-state index in [-0.39, 0.29) is 18.6 Å². The van der Waals surface area contributed by atoms with Crippen LogP contribution in [0, 0.1) is 11.3 Å². The molecule has 0 spiro atoms. The summed E-state index contributed by atoms with van der Waals surface area (Å²) in [5.74, 6) is 0.685. The minimum absolute atomic E-state index is 0.103. The van der Waals surface area contributed by atoms with Crippen molar-refractivity contribution in [2.24, 2.45) is 0 Å². The molecule has 0 heterocycles. The molecule has 0 fully saturated rings.